The van der Waals surface area contributed by atoms with Gasteiger partial charge in [-0.15, -0.1) is 0 Å². The zero-order valence-corrected chi connectivity index (χ0v) is 11.3. The van der Waals surface area contributed by atoms with Crippen molar-refractivity contribution in [2.75, 3.05) is 12.8 Å². The van der Waals surface area contributed by atoms with Crippen molar-refractivity contribution in [1.29, 1.82) is 0 Å². The molecule has 0 radical (unpaired) electrons. The van der Waals surface area contributed by atoms with E-state index in [1.807, 2.05) is 30.0 Å². The van der Waals surface area contributed by atoms with Crippen LogP contribution in [-0.2, 0) is 0 Å². The molecule has 0 amide bonds. The highest BCUT2D eigenvalue weighted by atomic mass is 32.2. The summed E-state index contributed by atoms with van der Waals surface area (Å²) in [6.45, 7) is 7.51. The van der Waals surface area contributed by atoms with E-state index < -0.39 is 0 Å². The van der Waals surface area contributed by atoms with Crippen molar-refractivity contribution < 1.29 is 5.11 Å². The molecule has 1 atom stereocenters. The van der Waals surface area contributed by atoms with Crippen LogP contribution in [0.15, 0.2) is 24.3 Å². The van der Waals surface area contributed by atoms with Gasteiger partial charge in [0.2, 0.25) is 0 Å². The van der Waals surface area contributed by atoms with Crippen molar-refractivity contribution >= 4 is 11.8 Å². The molecule has 0 heterocycles. The SMILES string of the molecule is CSC(C)(C)CNC(C)c1cccc(O)c1. The summed E-state index contributed by atoms with van der Waals surface area (Å²) in [5.41, 5.74) is 1.12. The minimum atomic E-state index is 0.241. The van der Waals surface area contributed by atoms with Crippen molar-refractivity contribution in [2.24, 2.45) is 0 Å². The quantitative estimate of drug-likeness (QED) is 0.827. The van der Waals surface area contributed by atoms with Gasteiger partial charge in [0.25, 0.3) is 0 Å². The first-order valence-electron chi connectivity index (χ1n) is 5.52. The van der Waals surface area contributed by atoms with E-state index in [1.165, 1.54) is 0 Å². The molecule has 1 unspecified atom stereocenters. The lowest BCUT2D eigenvalue weighted by atomic mass is 10.1. The summed E-state index contributed by atoms with van der Waals surface area (Å²) >= 11 is 1.86. The smallest absolute Gasteiger partial charge is 0.115 e. The predicted molar refractivity (Wildman–Crippen MR) is 72.1 cm³/mol. The Kier molecular flexibility index (Phi) is 4.69. The molecule has 3 heteroatoms. The molecule has 16 heavy (non-hydrogen) atoms. The van der Waals surface area contributed by atoms with Gasteiger partial charge in [-0.05, 0) is 44.7 Å². The van der Waals surface area contributed by atoms with Gasteiger partial charge < -0.3 is 10.4 Å². The highest BCUT2D eigenvalue weighted by Crippen LogP contribution is 2.22. The normalized spacial score (nSPS) is 13.8. The van der Waals surface area contributed by atoms with Crippen molar-refractivity contribution in [3.63, 3.8) is 0 Å². The number of thioether (sulfide) groups is 1. The van der Waals surface area contributed by atoms with Crippen LogP contribution in [0.2, 0.25) is 0 Å². The minimum absolute atomic E-state index is 0.241. The van der Waals surface area contributed by atoms with Crippen LogP contribution in [0.1, 0.15) is 32.4 Å². The molecule has 90 valence electrons. The summed E-state index contributed by atoms with van der Waals surface area (Å²) in [5.74, 6) is 0.329. The lowest BCUT2D eigenvalue weighted by Crippen LogP contribution is -2.33. The number of hydrogen-bond acceptors (Lipinski definition) is 3. The van der Waals surface area contributed by atoms with E-state index in [2.05, 4.69) is 32.3 Å². The first-order chi connectivity index (χ1) is 7.44. The van der Waals surface area contributed by atoms with Crippen LogP contribution in [0.5, 0.6) is 5.75 Å². The Morgan fingerprint density at radius 2 is 2.12 bits per heavy atom. The molecule has 0 aliphatic rings. The first kappa shape index (κ1) is 13.4. The van der Waals surface area contributed by atoms with E-state index in [1.54, 1.807) is 6.07 Å². The second-order valence-electron chi connectivity index (χ2n) is 4.66. The minimum Gasteiger partial charge on any atom is -0.508 e. The van der Waals surface area contributed by atoms with Crippen LogP contribution in [0.4, 0.5) is 0 Å². The lowest BCUT2D eigenvalue weighted by Gasteiger charge is -2.25. The monoisotopic (exact) mass is 239 g/mol. The number of phenols is 1. The molecular formula is C13H21NOS. The molecule has 0 saturated carbocycles. The molecule has 1 aromatic carbocycles. The summed E-state index contributed by atoms with van der Waals surface area (Å²) < 4.78 is 0.241. The van der Waals surface area contributed by atoms with Crippen molar-refractivity contribution in [2.45, 2.75) is 31.6 Å². The molecule has 0 fully saturated rings. The second kappa shape index (κ2) is 5.60. The van der Waals surface area contributed by atoms with Gasteiger partial charge in [-0.1, -0.05) is 12.1 Å². The zero-order chi connectivity index (χ0) is 12.2. The zero-order valence-electron chi connectivity index (χ0n) is 10.4. The van der Waals surface area contributed by atoms with Crippen LogP contribution in [0.3, 0.4) is 0 Å². The third-order valence-corrected chi connectivity index (χ3v) is 4.01. The third-order valence-electron chi connectivity index (χ3n) is 2.76. The van der Waals surface area contributed by atoms with Gasteiger partial charge >= 0.3 is 0 Å². The number of nitrogens with one attached hydrogen (secondary N) is 1. The van der Waals surface area contributed by atoms with Crippen LogP contribution >= 0.6 is 11.8 Å². The average molecular weight is 239 g/mol. The van der Waals surface area contributed by atoms with Crippen molar-refractivity contribution in [3.05, 3.63) is 29.8 Å². The van der Waals surface area contributed by atoms with Crippen LogP contribution in [0.25, 0.3) is 0 Å². The van der Waals surface area contributed by atoms with E-state index in [-0.39, 0.29) is 10.8 Å². The fraction of sp³-hybridized carbons (Fsp3) is 0.538. The molecule has 0 bridgehead atoms. The Hall–Kier alpha value is -0.670. The van der Waals surface area contributed by atoms with Crippen LogP contribution in [0, 0.1) is 0 Å². The standard InChI is InChI=1S/C13H21NOS/c1-10(14-9-13(2,3)16-4)11-6-5-7-12(15)8-11/h5-8,10,14-15H,9H2,1-4H3. The third kappa shape index (κ3) is 4.06. The van der Waals surface area contributed by atoms with Gasteiger partial charge in [0.1, 0.15) is 5.75 Å². The van der Waals surface area contributed by atoms with Crippen molar-refractivity contribution in [3.8, 4) is 5.75 Å². The molecule has 0 aromatic heterocycles. The summed E-state index contributed by atoms with van der Waals surface area (Å²) in [4.78, 5) is 0. The maximum Gasteiger partial charge on any atom is 0.115 e. The predicted octanol–water partition coefficient (Wildman–Crippen LogP) is 3.18. The molecule has 0 aliphatic heterocycles. The van der Waals surface area contributed by atoms with Gasteiger partial charge in [-0.2, -0.15) is 11.8 Å². The largest absolute Gasteiger partial charge is 0.508 e. The number of rotatable bonds is 5. The van der Waals surface area contributed by atoms with Crippen molar-refractivity contribution in [1.82, 2.24) is 5.32 Å². The van der Waals surface area contributed by atoms with Gasteiger partial charge in [-0.25, -0.2) is 0 Å². The summed E-state index contributed by atoms with van der Waals surface area (Å²) in [6.07, 6.45) is 2.13. The fourth-order valence-corrected chi connectivity index (χ4v) is 1.61. The number of phenolic OH excluding ortho intramolecular Hbond substituents is 1. The van der Waals surface area contributed by atoms with E-state index in [0.29, 0.717) is 5.75 Å². The Morgan fingerprint density at radius 3 is 2.69 bits per heavy atom. The molecule has 2 nitrogen and oxygen atoms in total. The highest BCUT2D eigenvalue weighted by Gasteiger charge is 2.17. The van der Waals surface area contributed by atoms with E-state index in [9.17, 15) is 5.11 Å². The molecule has 0 aliphatic carbocycles. The van der Waals surface area contributed by atoms with Gasteiger partial charge in [0.05, 0.1) is 0 Å². The van der Waals surface area contributed by atoms with Crippen LogP contribution in [-0.4, -0.2) is 22.7 Å². The molecule has 0 spiro atoms. The summed E-state index contributed by atoms with van der Waals surface area (Å²) in [6, 6.07) is 7.68. The Balaban J connectivity index is 2.56. The molecule has 0 saturated heterocycles. The van der Waals surface area contributed by atoms with E-state index >= 15 is 0 Å². The topological polar surface area (TPSA) is 32.3 Å². The molecule has 2 N–H and O–H groups in total. The maximum atomic E-state index is 9.40. The lowest BCUT2D eigenvalue weighted by molar-refractivity contribution is 0.470. The molecule has 1 rings (SSSR count). The molecular weight excluding hydrogens is 218 g/mol. The maximum absolute atomic E-state index is 9.40. The first-order valence-corrected chi connectivity index (χ1v) is 6.74. The number of aromatic hydroxyl groups is 1. The van der Waals surface area contributed by atoms with Gasteiger partial charge in [0, 0.05) is 17.3 Å². The Labute approximate surface area is 102 Å². The highest BCUT2D eigenvalue weighted by molar-refractivity contribution is 7.99. The number of benzene rings is 1. The van der Waals surface area contributed by atoms with E-state index in [0.717, 1.165) is 12.1 Å². The Morgan fingerprint density at radius 1 is 1.44 bits per heavy atom. The Bertz CT molecular complexity index is 338. The summed E-state index contributed by atoms with van der Waals surface area (Å²) in [5, 5.41) is 12.9. The van der Waals surface area contributed by atoms with Gasteiger partial charge in [0.15, 0.2) is 0 Å². The van der Waals surface area contributed by atoms with Crippen LogP contribution < -0.4 is 5.32 Å². The van der Waals surface area contributed by atoms with Gasteiger partial charge in [-0.3, -0.25) is 0 Å². The summed E-state index contributed by atoms with van der Waals surface area (Å²) in [7, 11) is 0. The second-order valence-corrected chi connectivity index (χ2v) is 6.17. The fourth-order valence-electron chi connectivity index (χ4n) is 1.38. The molecule has 1 aromatic rings. The number of hydrogen-bond donors (Lipinski definition) is 2. The average Bonchev–Trinajstić information content (AvgIpc) is 2.26. The van der Waals surface area contributed by atoms with E-state index in [4.69, 9.17) is 0 Å².